The van der Waals surface area contributed by atoms with Gasteiger partial charge in [0.25, 0.3) is 0 Å². The number of anilines is 1. The predicted molar refractivity (Wildman–Crippen MR) is 122 cm³/mol. The molecule has 0 aliphatic carbocycles. The molecule has 31 heavy (non-hydrogen) atoms. The fraction of sp³-hybridized carbons (Fsp3) is 0.286. The lowest BCUT2D eigenvalue weighted by Gasteiger charge is -2.23. The summed E-state index contributed by atoms with van der Waals surface area (Å²) in [5.41, 5.74) is 3.50. The Morgan fingerprint density at radius 1 is 1.13 bits per heavy atom. The number of benzene rings is 1. The van der Waals surface area contributed by atoms with E-state index in [9.17, 15) is 4.79 Å². The zero-order valence-corrected chi connectivity index (χ0v) is 18.4. The number of aromatic nitrogens is 6. The third-order valence-corrected chi connectivity index (χ3v) is 5.56. The molecule has 0 bridgehead atoms. The highest BCUT2D eigenvalue weighted by atomic mass is 32.1. The molecule has 0 aliphatic rings. The molecule has 160 valence electrons. The van der Waals surface area contributed by atoms with Gasteiger partial charge in [-0.1, -0.05) is 19.7 Å². The first kappa shape index (κ1) is 20.9. The largest absolute Gasteiger partial charge is 0.497 e. The van der Waals surface area contributed by atoms with Gasteiger partial charge in [0.2, 0.25) is 0 Å². The Kier molecular flexibility index (Phi) is 5.90. The van der Waals surface area contributed by atoms with E-state index < -0.39 is 0 Å². The number of thiol groups is 1. The number of nitrogens with zero attached hydrogens (tertiary/aromatic N) is 7. The van der Waals surface area contributed by atoms with Crippen molar-refractivity contribution in [2.75, 3.05) is 25.6 Å². The van der Waals surface area contributed by atoms with Crippen LogP contribution in [0.4, 0.5) is 5.69 Å². The van der Waals surface area contributed by atoms with Crippen molar-refractivity contribution in [1.82, 2.24) is 28.5 Å². The first-order valence-corrected chi connectivity index (χ1v) is 10.1. The van der Waals surface area contributed by atoms with Crippen LogP contribution in [0.15, 0.2) is 54.1 Å². The molecule has 3 aromatic heterocycles. The molecule has 3 heterocycles. The minimum Gasteiger partial charge on any atom is -0.497 e. The van der Waals surface area contributed by atoms with Gasteiger partial charge < -0.3 is 9.64 Å². The number of hydrogen-bond donors (Lipinski definition) is 1. The lowest BCUT2D eigenvalue weighted by molar-refractivity contribution is 0.415. The number of methoxy groups -OCH3 is 1. The molecule has 4 aromatic rings. The smallest absolute Gasteiger partial charge is 0.340 e. The molecule has 0 amide bonds. The molecule has 1 unspecified atom stereocenters. The van der Waals surface area contributed by atoms with E-state index in [2.05, 4.69) is 44.6 Å². The number of rotatable bonds is 7. The predicted octanol–water partition coefficient (Wildman–Crippen LogP) is 2.37. The summed E-state index contributed by atoms with van der Waals surface area (Å²) in [7, 11) is 3.67. The highest BCUT2D eigenvalue weighted by Gasteiger charge is 2.21. The summed E-state index contributed by atoms with van der Waals surface area (Å²) in [5, 5.41) is 0. The van der Waals surface area contributed by atoms with Crippen molar-refractivity contribution < 1.29 is 4.74 Å². The molecule has 0 saturated carbocycles. The second kappa shape index (κ2) is 8.76. The van der Waals surface area contributed by atoms with Gasteiger partial charge in [-0.15, -0.1) is 0 Å². The molecule has 0 saturated heterocycles. The Labute approximate surface area is 184 Å². The zero-order valence-electron chi connectivity index (χ0n) is 17.5. The fourth-order valence-corrected chi connectivity index (χ4v) is 3.92. The van der Waals surface area contributed by atoms with Crippen LogP contribution in [0.2, 0.25) is 0 Å². The lowest BCUT2D eigenvalue weighted by Crippen LogP contribution is -2.24. The molecule has 0 aliphatic heterocycles. The normalized spacial score (nSPS) is 12.1. The number of ether oxygens (including phenoxy) is 1. The van der Waals surface area contributed by atoms with Gasteiger partial charge in [-0.2, -0.15) is 0 Å². The van der Waals surface area contributed by atoms with Crippen LogP contribution in [0.5, 0.6) is 5.75 Å². The van der Waals surface area contributed by atoms with E-state index in [1.165, 1.54) is 16.6 Å². The molecule has 0 N–H and O–H groups in total. The maximum Gasteiger partial charge on any atom is 0.340 e. The highest BCUT2D eigenvalue weighted by Crippen LogP contribution is 2.26. The minimum absolute atomic E-state index is 0.0197. The number of hydrogen-bond acceptors (Lipinski definition) is 8. The maximum absolute atomic E-state index is 12.9. The van der Waals surface area contributed by atoms with E-state index in [4.69, 9.17) is 4.74 Å². The van der Waals surface area contributed by atoms with Gasteiger partial charge in [0.1, 0.15) is 23.9 Å². The first-order valence-electron chi connectivity index (χ1n) is 9.74. The Balaban J connectivity index is 1.66. The third kappa shape index (κ3) is 4.11. The maximum atomic E-state index is 12.9. The summed E-state index contributed by atoms with van der Waals surface area (Å²) < 4.78 is 8.11. The van der Waals surface area contributed by atoms with Crippen LogP contribution in [0, 0.1) is 0 Å². The van der Waals surface area contributed by atoms with E-state index in [1.807, 2.05) is 31.3 Å². The SMILES string of the molecule is COc1ccc(N(C)CC(C)c2ncnc3c2n(S)c(=O)n3Cc2cncnc2)cc1. The molecule has 1 atom stereocenters. The molecule has 0 spiro atoms. The van der Waals surface area contributed by atoms with Crippen molar-refractivity contribution in [3.05, 3.63) is 71.1 Å². The quantitative estimate of drug-likeness (QED) is 0.444. The second-order valence-electron chi connectivity index (χ2n) is 7.34. The second-order valence-corrected chi connectivity index (χ2v) is 7.74. The third-order valence-electron chi connectivity index (χ3n) is 5.19. The first-order chi connectivity index (χ1) is 15.0. The van der Waals surface area contributed by atoms with Gasteiger partial charge in [0.15, 0.2) is 5.65 Å². The summed E-state index contributed by atoms with van der Waals surface area (Å²) in [6, 6.07) is 7.87. The summed E-state index contributed by atoms with van der Waals surface area (Å²) >= 11 is 4.44. The highest BCUT2D eigenvalue weighted by molar-refractivity contribution is 7.78. The van der Waals surface area contributed by atoms with Gasteiger partial charge in [0.05, 0.1) is 19.3 Å². The van der Waals surface area contributed by atoms with Crippen LogP contribution in [-0.2, 0) is 6.54 Å². The van der Waals surface area contributed by atoms with E-state index >= 15 is 0 Å². The number of fused-ring (bicyclic) bond motifs is 1. The van der Waals surface area contributed by atoms with E-state index in [-0.39, 0.29) is 11.6 Å². The van der Waals surface area contributed by atoms with Crippen LogP contribution in [0.1, 0.15) is 24.1 Å². The molecular weight excluding hydrogens is 414 g/mol. The van der Waals surface area contributed by atoms with Gasteiger partial charge in [-0.25, -0.2) is 28.7 Å². The van der Waals surface area contributed by atoms with E-state index in [1.54, 1.807) is 24.1 Å². The van der Waals surface area contributed by atoms with Gasteiger partial charge >= 0.3 is 5.69 Å². The zero-order chi connectivity index (χ0) is 22.0. The summed E-state index contributed by atoms with van der Waals surface area (Å²) in [5.74, 6) is 0.832. The standard InChI is InChI=1S/C21H23N7O2S/c1-14(10-26(2)16-4-6-17(30-3)7-5-16)18-19-20(25-13-24-18)27(21(29)28(19)31)11-15-8-22-12-23-9-15/h4-9,12-14,31H,10-11H2,1-3H3. The van der Waals surface area contributed by atoms with Crippen molar-refractivity contribution in [2.24, 2.45) is 0 Å². The van der Waals surface area contributed by atoms with Gasteiger partial charge in [-0.3, -0.25) is 4.57 Å². The topological polar surface area (TPSA) is 91.0 Å². The van der Waals surface area contributed by atoms with Crippen LogP contribution in [0.25, 0.3) is 11.2 Å². The van der Waals surface area contributed by atoms with Crippen molar-refractivity contribution >= 4 is 29.7 Å². The number of likely N-dealkylation sites (N-methyl/N-ethyl adjacent to an activating group) is 1. The fourth-order valence-electron chi connectivity index (χ4n) is 3.62. The summed E-state index contributed by atoms with van der Waals surface area (Å²) in [6.07, 6.45) is 6.30. The minimum atomic E-state index is -0.278. The molecule has 0 fully saturated rings. The van der Waals surface area contributed by atoms with Crippen LogP contribution < -0.4 is 15.3 Å². The van der Waals surface area contributed by atoms with Crippen LogP contribution >= 0.6 is 12.8 Å². The van der Waals surface area contributed by atoms with E-state index in [0.29, 0.717) is 24.3 Å². The molecule has 0 radical (unpaired) electrons. The van der Waals surface area contributed by atoms with Crippen molar-refractivity contribution in [1.29, 1.82) is 0 Å². The van der Waals surface area contributed by atoms with Gasteiger partial charge in [0, 0.05) is 43.2 Å². The average Bonchev–Trinajstić information content (AvgIpc) is 3.04. The molecule has 1 aromatic carbocycles. The molecule has 10 heteroatoms. The monoisotopic (exact) mass is 437 g/mol. The van der Waals surface area contributed by atoms with Crippen molar-refractivity contribution in [3.63, 3.8) is 0 Å². The molecule has 9 nitrogen and oxygen atoms in total. The summed E-state index contributed by atoms with van der Waals surface area (Å²) in [4.78, 5) is 31.9. The molecular formula is C21H23N7O2S. The van der Waals surface area contributed by atoms with Crippen LogP contribution in [0.3, 0.4) is 0 Å². The Hall–Kier alpha value is -3.40. The Morgan fingerprint density at radius 2 is 1.84 bits per heavy atom. The molecule has 4 rings (SSSR count). The average molecular weight is 438 g/mol. The lowest BCUT2D eigenvalue weighted by atomic mass is 10.1. The number of imidazole rings is 1. The summed E-state index contributed by atoms with van der Waals surface area (Å²) in [6.45, 7) is 3.07. The van der Waals surface area contributed by atoms with E-state index in [0.717, 1.165) is 22.7 Å². The Morgan fingerprint density at radius 3 is 2.52 bits per heavy atom. The van der Waals surface area contributed by atoms with Crippen molar-refractivity contribution in [2.45, 2.75) is 19.4 Å². The van der Waals surface area contributed by atoms with Gasteiger partial charge in [-0.05, 0) is 24.3 Å². The van der Waals surface area contributed by atoms with Crippen LogP contribution in [-0.4, -0.2) is 49.2 Å². The Bertz CT molecular complexity index is 1240. The van der Waals surface area contributed by atoms with Crippen molar-refractivity contribution in [3.8, 4) is 5.75 Å².